The summed E-state index contributed by atoms with van der Waals surface area (Å²) in [7, 11) is 1.39. The lowest BCUT2D eigenvalue weighted by Crippen LogP contribution is -2.62. The van der Waals surface area contributed by atoms with Gasteiger partial charge in [0.15, 0.2) is 0 Å². The molecule has 1 heterocycles. The summed E-state index contributed by atoms with van der Waals surface area (Å²) in [4.78, 5) is 0. The van der Waals surface area contributed by atoms with Gasteiger partial charge in [0.05, 0.1) is 6.10 Å². The van der Waals surface area contributed by atoms with E-state index in [1.165, 1.54) is 7.11 Å². The smallest absolute Gasteiger partial charge is 0.224 e. The van der Waals surface area contributed by atoms with Gasteiger partial charge in [-0.2, -0.15) is 0 Å². The van der Waals surface area contributed by atoms with E-state index in [9.17, 15) is 15.3 Å². The van der Waals surface area contributed by atoms with E-state index >= 15 is 0 Å². The Balaban J connectivity index is 2.43. The van der Waals surface area contributed by atoms with Crippen LogP contribution in [0.5, 0.6) is 0 Å². The van der Waals surface area contributed by atoms with Gasteiger partial charge in [0, 0.05) is 12.7 Å². The maximum absolute atomic E-state index is 10.2. The van der Waals surface area contributed by atoms with Crippen LogP contribution in [0.3, 0.4) is 0 Å². The standard InChI is InChI=1S/C13H17O5/c1-8-10(14)11(15)12(16)13(17-2,18-8)9-6-4-3-5-7-9/h4-8,10-12,14-16H,1-2H3/t8-,10-,11+,12+,13?/m1/s1. The van der Waals surface area contributed by atoms with Crippen molar-refractivity contribution in [3.8, 4) is 0 Å². The van der Waals surface area contributed by atoms with Crippen LogP contribution < -0.4 is 0 Å². The van der Waals surface area contributed by atoms with Crippen LogP contribution in [0.25, 0.3) is 0 Å². The second kappa shape index (κ2) is 4.95. The summed E-state index contributed by atoms with van der Waals surface area (Å²) in [5.41, 5.74) is 0.564. The molecule has 1 aromatic rings. The zero-order chi connectivity index (χ0) is 13.3. The molecular formula is C13H17O5. The molecule has 1 aliphatic rings. The van der Waals surface area contributed by atoms with Gasteiger partial charge in [0.1, 0.15) is 18.3 Å². The van der Waals surface area contributed by atoms with Crippen molar-refractivity contribution in [3.63, 3.8) is 0 Å². The Morgan fingerprint density at radius 2 is 1.83 bits per heavy atom. The number of hydrogen-bond donors (Lipinski definition) is 3. The first-order chi connectivity index (χ1) is 8.53. The van der Waals surface area contributed by atoms with Gasteiger partial charge in [-0.3, -0.25) is 0 Å². The maximum Gasteiger partial charge on any atom is 0.224 e. The van der Waals surface area contributed by atoms with Crippen LogP contribution in [0.2, 0.25) is 0 Å². The van der Waals surface area contributed by atoms with Gasteiger partial charge in [-0.25, -0.2) is 0 Å². The summed E-state index contributed by atoms with van der Waals surface area (Å²) in [6, 6.07) is 9.55. The van der Waals surface area contributed by atoms with Crippen molar-refractivity contribution >= 4 is 0 Å². The van der Waals surface area contributed by atoms with Crippen LogP contribution >= 0.6 is 0 Å². The van der Waals surface area contributed by atoms with Crippen molar-refractivity contribution in [2.24, 2.45) is 0 Å². The summed E-state index contributed by atoms with van der Waals surface area (Å²) in [5, 5.41) is 29.7. The minimum atomic E-state index is -1.48. The molecule has 18 heavy (non-hydrogen) atoms. The molecule has 99 valence electrons. The highest BCUT2D eigenvalue weighted by molar-refractivity contribution is 5.23. The SMILES string of the molecule is COC1(c2cc[c]cc2)O[C@H](C)[C@@H](O)[C@H](O)[C@@H]1O. The van der Waals surface area contributed by atoms with E-state index in [4.69, 9.17) is 9.47 Å². The van der Waals surface area contributed by atoms with E-state index in [1.807, 2.05) is 0 Å². The lowest BCUT2D eigenvalue weighted by Gasteiger charge is -2.47. The number of aliphatic hydroxyl groups is 3. The second-order valence-corrected chi connectivity index (χ2v) is 4.41. The Bertz CT molecular complexity index is 396. The first-order valence-electron chi connectivity index (χ1n) is 5.76. The highest BCUT2D eigenvalue weighted by Crippen LogP contribution is 2.38. The fourth-order valence-electron chi connectivity index (χ4n) is 2.25. The summed E-state index contributed by atoms with van der Waals surface area (Å²) in [6.45, 7) is 1.61. The van der Waals surface area contributed by atoms with Gasteiger partial charge in [-0.1, -0.05) is 24.3 Å². The van der Waals surface area contributed by atoms with E-state index in [1.54, 1.807) is 31.2 Å². The molecule has 0 spiro atoms. The largest absolute Gasteiger partial charge is 0.388 e. The Morgan fingerprint density at radius 1 is 1.22 bits per heavy atom. The number of ether oxygens (including phenoxy) is 2. The molecule has 0 saturated carbocycles. The van der Waals surface area contributed by atoms with Crippen LogP contribution in [0.1, 0.15) is 12.5 Å². The molecule has 1 unspecified atom stereocenters. The normalized spacial score (nSPS) is 40.7. The summed E-state index contributed by atoms with van der Waals surface area (Å²) >= 11 is 0. The van der Waals surface area contributed by atoms with E-state index in [2.05, 4.69) is 6.07 Å². The minimum absolute atomic E-state index is 0.564. The zero-order valence-electron chi connectivity index (χ0n) is 10.3. The van der Waals surface area contributed by atoms with E-state index in [0.29, 0.717) is 5.56 Å². The Kier molecular flexibility index (Phi) is 3.70. The second-order valence-electron chi connectivity index (χ2n) is 4.41. The van der Waals surface area contributed by atoms with E-state index < -0.39 is 30.2 Å². The molecule has 0 aliphatic carbocycles. The van der Waals surface area contributed by atoms with Gasteiger partial charge < -0.3 is 24.8 Å². The number of rotatable bonds is 2. The third-order valence-corrected chi connectivity index (χ3v) is 3.33. The molecule has 5 atom stereocenters. The van der Waals surface area contributed by atoms with Crippen LogP contribution in [-0.4, -0.2) is 46.8 Å². The fraction of sp³-hybridized carbons (Fsp3) is 0.538. The van der Waals surface area contributed by atoms with Crippen molar-refractivity contribution in [3.05, 3.63) is 35.9 Å². The van der Waals surface area contributed by atoms with Gasteiger partial charge in [-0.15, -0.1) is 0 Å². The fourth-order valence-corrected chi connectivity index (χ4v) is 2.25. The quantitative estimate of drug-likeness (QED) is 0.679. The first kappa shape index (κ1) is 13.5. The van der Waals surface area contributed by atoms with Crippen LogP contribution in [0, 0.1) is 6.07 Å². The molecule has 0 amide bonds. The molecule has 0 aromatic heterocycles. The Hall–Kier alpha value is -0.980. The van der Waals surface area contributed by atoms with Crippen molar-refractivity contribution in [1.29, 1.82) is 0 Å². The molecule has 1 aliphatic heterocycles. The van der Waals surface area contributed by atoms with Crippen molar-refractivity contribution in [1.82, 2.24) is 0 Å². The monoisotopic (exact) mass is 253 g/mol. The van der Waals surface area contributed by atoms with Crippen LogP contribution in [0.15, 0.2) is 24.3 Å². The lowest BCUT2D eigenvalue weighted by atomic mass is 9.88. The Morgan fingerprint density at radius 3 is 2.39 bits per heavy atom. The molecule has 1 aromatic carbocycles. The van der Waals surface area contributed by atoms with E-state index in [-0.39, 0.29) is 0 Å². The average molecular weight is 253 g/mol. The highest BCUT2D eigenvalue weighted by Gasteiger charge is 2.53. The minimum Gasteiger partial charge on any atom is -0.388 e. The molecule has 1 saturated heterocycles. The third kappa shape index (κ3) is 1.94. The lowest BCUT2D eigenvalue weighted by molar-refractivity contribution is -0.360. The van der Waals surface area contributed by atoms with Crippen LogP contribution in [0.4, 0.5) is 0 Å². The molecule has 1 fully saturated rings. The zero-order valence-corrected chi connectivity index (χ0v) is 10.3. The molecule has 2 rings (SSSR count). The predicted molar refractivity (Wildman–Crippen MR) is 62.5 cm³/mol. The van der Waals surface area contributed by atoms with Crippen molar-refractivity contribution < 1.29 is 24.8 Å². The Labute approximate surface area is 106 Å². The summed E-state index contributed by atoms with van der Waals surface area (Å²) < 4.78 is 10.9. The van der Waals surface area contributed by atoms with Crippen LogP contribution in [-0.2, 0) is 15.3 Å². The third-order valence-electron chi connectivity index (χ3n) is 3.33. The van der Waals surface area contributed by atoms with Crippen molar-refractivity contribution in [2.75, 3.05) is 7.11 Å². The number of hydrogen-bond acceptors (Lipinski definition) is 5. The van der Waals surface area contributed by atoms with Crippen molar-refractivity contribution in [2.45, 2.75) is 37.1 Å². The van der Waals surface area contributed by atoms with Gasteiger partial charge >= 0.3 is 0 Å². The number of aliphatic hydroxyl groups excluding tert-OH is 3. The average Bonchev–Trinajstić information content (AvgIpc) is 2.42. The van der Waals surface area contributed by atoms with Gasteiger partial charge in [-0.05, 0) is 13.0 Å². The maximum atomic E-state index is 10.2. The van der Waals surface area contributed by atoms with Gasteiger partial charge in [0.25, 0.3) is 0 Å². The number of benzene rings is 1. The molecule has 3 N–H and O–H groups in total. The number of methoxy groups -OCH3 is 1. The molecule has 0 bridgehead atoms. The molecule has 5 nitrogen and oxygen atoms in total. The van der Waals surface area contributed by atoms with Gasteiger partial charge in [0.2, 0.25) is 5.79 Å². The molecular weight excluding hydrogens is 236 g/mol. The molecule has 5 heteroatoms. The summed E-state index contributed by atoms with van der Waals surface area (Å²) in [5.74, 6) is -1.48. The highest BCUT2D eigenvalue weighted by atomic mass is 16.7. The first-order valence-corrected chi connectivity index (χ1v) is 5.76. The topological polar surface area (TPSA) is 79.2 Å². The molecule has 1 radical (unpaired) electrons. The van der Waals surface area contributed by atoms with E-state index in [0.717, 1.165) is 0 Å². The predicted octanol–water partition coefficient (Wildman–Crippen LogP) is -0.213. The summed E-state index contributed by atoms with van der Waals surface area (Å²) in [6.07, 6.45) is -4.53.